The molecule has 34 heavy (non-hydrogen) atoms. The van der Waals surface area contributed by atoms with Crippen LogP contribution in [0.25, 0.3) is 0 Å². The fraction of sp³-hybridized carbons (Fsp3) is 0.600. The Kier molecular flexibility index (Phi) is 6.76. The van der Waals surface area contributed by atoms with Gasteiger partial charge in [0.05, 0.1) is 0 Å². The van der Waals surface area contributed by atoms with E-state index in [0.717, 1.165) is 22.3 Å². The fourth-order valence-electron chi connectivity index (χ4n) is 4.57. The molecular formula is C30H46FO2P. The molecule has 2 nitrogen and oxygen atoms in total. The van der Waals surface area contributed by atoms with E-state index in [4.69, 9.17) is 9.05 Å². The molecule has 0 saturated heterocycles. The average molecular weight is 489 g/mol. The Morgan fingerprint density at radius 1 is 0.588 bits per heavy atom. The quantitative estimate of drug-likeness (QED) is 0.344. The number of hydrogen-bond donors (Lipinski definition) is 0. The Labute approximate surface area is 208 Å². The van der Waals surface area contributed by atoms with E-state index in [2.05, 4.69) is 114 Å². The van der Waals surface area contributed by atoms with Gasteiger partial charge in [0, 0.05) is 0 Å². The van der Waals surface area contributed by atoms with Crippen LogP contribution in [0.3, 0.4) is 0 Å². The minimum atomic E-state index is -3.49. The summed E-state index contributed by atoms with van der Waals surface area (Å²) in [5.41, 5.74) is 6.25. The molecular weight excluding hydrogens is 442 g/mol. The van der Waals surface area contributed by atoms with Crippen LogP contribution in [-0.2, 0) is 21.7 Å². The summed E-state index contributed by atoms with van der Waals surface area (Å²) >= 11 is 0. The molecule has 1 aliphatic heterocycles. The molecule has 1 heterocycles. The Hall–Kier alpha value is -1.60. The van der Waals surface area contributed by atoms with Crippen LogP contribution in [0.5, 0.6) is 11.5 Å². The van der Waals surface area contributed by atoms with Crippen LogP contribution in [0.2, 0.25) is 0 Å². The molecule has 0 bridgehead atoms. The van der Waals surface area contributed by atoms with Crippen LogP contribution in [0.1, 0.15) is 129 Å². The monoisotopic (exact) mass is 488 g/mol. The SMILES string of the molecule is CC1c2cc(C(C)(C)C)cc(C(C)(C)C)c2O[PH2](F)Oc2c1cc(C(C)(C)C)cc2C(C)(C)C. The van der Waals surface area contributed by atoms with Crippen molar-refractivity contribution in [3.63, 3.8) is 0 Å². The van der Waals surface area contributed by atoms with Crippen LogP contribution in [-0.4, -0.2) is 0 Å². The van der Waals surface area contributed by atoms with Crippen molar-refractivity contribution in [1.82, 2.24) is 0 Å². The number of benzene rings is 2. The van der Waals surface area contributed by atoms with Crippen LogP contribution in [0.4, 0.5) is 4.20 Å². The number of rotatable bonds is 0. The van der Waals surface area contributed by atoms with Gasteiger partial charge in [-0.15, -0.1) is 0 Å². The average Bonchev–Trinajstić information content (AvgIpc) is 2.63. The van der Waals surface area contributed by atoms with Crippen LogP contribution in [0, 0.1) is 0 Å². The number of halogens is 1. The molecule has 0 aromatic heterocycles. The van der Waals surface area contributed by atoms with Gasteiger partial charge in [-0.1, -0.05) is 0 Å². The van der Waals surface area contributed by atoms with Crippen molar-refractivity contribution in [2.75, 3.05) is 0 Å². The topological polar surface area (TPSA) is 18.5 Å². The summed E-state index contributed by atoms with van der Waals surface area (Å²) in [4.78, 5) is 0. The van der Waals surface area contributed by atoms with Crippen molar-refractivity contribution >= 4 is 8.69 Å². The zero-order chi connectivity index (χ0) is 26.0. The molecule has 0 saturated carbocycles. The van der Waals surface area contributed by atoms with Gasteiger partial charge in [0.2, 0.25) is 0 Å². The first-order chi connectivity index (χ1) is 15.2. The van der Waals surface area contributed by atoms with Crippen molar-refractivity contribution in [3.05, 3.63) is 57.6 Å². The predicted octanol–water partition coefficient (Wildman–Crippen LogP) is 9.46. The molecule has 190 valence electrons. The molecule has 0 N–H and O–H groups in total. The van der Waals surface area contributed by atoms with Gasteiger partial charge >= 0.3 is 209 Å². The molecule has 0 aliphatic carbocycles. The standard InChI is InChI=1S/C30H46FO2P/c1-18-21-14-19(27(2,3)4)16-23(29(8,9)10)25(21)32-34(31)33-26-22(18)15-20(28(5,6)7)17-24(26)30(11,12)13/h14-18H,34H2,1-13H3. The van der Waals surface area contributed by atoms with E-state index in [9.17, 15) is 0 Å². The summed E-state index contributed by atoms with van der Waals surface area (Å²) in [7, 11) is -3.49. The molecule has 0 amide bonds. The molecule has 0 unspecified atom stereocenters. The summed E-state index contributed by atoms with van der Waals surface area (Å²) in [5.74, 6) is 1.35. The second-order valence-electron chi connectivity index (χ2n) is 14.1. The molecule has 0 spiro atoms. The molecule has 1 aliphatic rings. The van der Waals surface area contributed by atoms with Gasteiger partial charge < -0.3 is 0 Å². The van der Waals surface area contributed by atoms with E-state index in [-0.39, 0.29) is 27.6 Å². The van der Waals surface area contributed by atoms with Crippen molar-refractivity contribution in [1.29, 1.82) is 0 Å². The zero-order valence-corrected chi connectivity index (χ0v) is 24.8. The van der Waals surface area contributed by atoms with E-state index in [1.54, 1.807) is 0 Å². The number of fused-ring (bicyclic) bond motifs is 2. The maximum atomic E-state index is 15.6. The van der Waals surface area contributed by atoms with E-state index in [0.29, 0.717) is 11.5 Å². The van der Waals surface area contributed by atoms with Crippen LogP contribution < -0.4 is 9.05 Å². The normalized spacial score (nSPS) is 18.3. The van der Waals surface area contributed by atoms with Crippen LogP contribution >= 0.6 is 8.69 Å². The first-order valence-electron chi connectivity index (χ1n) is 12.6. The van der Waals surface area contributed by atoms with Crippen LogP contribution in [0.15, 0.2) is 24.3 Å². The van der Waals surface area contributed by atoms with Crippen molar-refractivity contribution in [3.8, 4) is 11.5 Å². The Morgan fingerprint density at radius 3 is 1.18 bits per heavy atom. The molecule has 0 fully saturated rings. The van der Waals surface area contributed by atoms with Gasteiger partial charge in [0.15, 0.2) is 0 Å². The Morgan fingerprint density at radius 2 is 0.912 bits per heavy atom. The fourth-order valence-corrected chi connectivity index (χ4v) is 5.51. The first-order valence-corrected chi connectivity index (χ1v) is 13.9. The molecule has 2 aromatic carbocycles. The van der Waals surface area contributed by atoms with E-state index >= 15 is 4.20 Å². The van der Waals surface area contributed by atoms with Gasteiger partial charge in [0.1, 0.15) is 0 Å². The summed E-state index contributed by atoms with van der Waals surface area (Å²) in [6, 6.07) is 8.90. The van der Waals surface area contributed by atoms with E-state index in [1.165, 1.54) is 11.1 Å². The summed E-state index contributed by atoms with van der Waals surface area (Å²) < 4.78 is 27.8. The Balaban J connectivity index is 2.44. The predicted molar refractivity (Wildman–Crippen MR) is 147 cm³/mol. The molecule has 0 atom stereocenters. The third kappa shape index (κ3) is 5.30. The summed E-state index contributed by atoms with van der Waals surface area (Å²) in [6.45, 7) is 28.6. The number of hydrogen-bond acceptors (Lipinski definition) is 2. The second kappa shape index (κ2) is 8.51. The zero-order valence-electron chi connectivity index (χ0n) is 23.7. The third-order valence-corrected chi connectivity index (χ3v) is 7.78. The maximum absolute atomic E-state index is 15.6. The van der Waals surface area contributed by atoms with Gasteiger partial charge in [0.25, 0.3) is 0 Å². The summed E-state index contributed by atoms with van der Waals surface area (Å²) in [5, 5.41) is 0. The van der Waals surface area contributed by atoms with E-state index in [1.807, 2.05) is 0 Å². The minimum absolute atomic E-state index is 0.00157. The van der Waals surface area contributed by atoms with Gasteiger partial charge in [-0.05, 0) is 0 Å². The molecule has 0 radical (unpaired) electrons. The van der Waals surface area contributed by atoms with Gasteiger partial charge in [-0.3, -0.25) is 0 Å². The van der Waals surface area contributed by atoms with E-state index < -0.39 is 8.69 Å². The van der Waals surface area contributed by atoms with Gasteiger partial charge in [-0.2, -0.15) is 0 Å². The molecule has 2 aromatic rings. The van der Waals surface area contributed by atoms with Crippen molar-refractivity contribution < 1.29 is 13.2 Å². The van der Waals surface area contributed by atoms with Gasteiger partial charge in [-0.25, -0.2) is 0 Å². The summed E-state index contributed by atoms with van der Waals surface area (Å²) in [6.07, 6.45) is 0. The Bertz CT molecular complexity index is 990. The molecule has 4 heteroatoms. The third-order valence-electron chi connectivity index (χ3n) is 6.94. The molecule has 3 rings (SSSR count). The van der Waals surface area contributed by atoms with Crippen molar-refractivity contribution in [2.24, 2.45) is 0 Å². The van der Waals surface area contributed by atoms with Crippen molar-refractivity contribution in [2.45, 2.75) is 118 Å². The first kappa shape index (κ1) is 27.0. The second-order valence-corrected chi connectivity index (χ2v) is 15.1.